The van der Waals surface area contributed by atoms with Gasteiger partial charge in [0, 0.05) is 6.42 Å². The molecule has 0 amide bonds. The molecular formula is C9H19O5P. The van der Waals surface area contributed by atoms with Crippen molar-refractivity contribution in [2.75, 3.05) is 19.8 Å². The van der Waals surface area contributed by atoms with Crippen molar-refractivity contribution in [3.63, 3.8) is 0 Å². The van der Waals surface area contributed by atoms with Gasteiger partial charge in [-0.25, -0.2) is 4.57 Å². The van der Waals surface area contributed by atoms with E-state index in [1.165, 1.54) is 0 Å². The van der Waals surface area contributed by atoms with Gasteiger partial charge in [-0.1, -0.05) is 0 Å². The third-order valence-electron chi connectivity index (χ3n) is 1.88. The van der Waals surface area contributed by atoms with Crippen LogP contribution in [0.15, 0.2) is 0 Å². The van der Waals surface area contributed by atoms with Crippen LogP contribution in [0.25, 0.3) is 0 Å². The zero-order valence-electron chi connectivity index (χ0n) is 9.47. The highest BCUT2D eigenvalue weighted by atomic mass is 31.2. The molecule has 0 aromatic rings. The van der Waals surface area contributed by atoms with E-state index in [0.29, 0.717) is 13.2 Å². The highest BCUT2D eigenvalue weighted by Crippen LogP contribution is 2.50. The molecule has 1 fully saturated rings. The lowest BCUT2D eigenvalue weighted by atomic mass is 10.2. The maximum absolute atomic E-state index is 11.9. The molecule has 0 saturated carbocycles. The quantitative estimate of drug-likeness (QED) is 0.480. The Morgan fingerprint density at radius 2 is 1.93 bits per heavy atom. The first-order valence-corrected chi connectivity index (χ1v) is 6.74. The van der Waals surface area contributed by atoms with Gasteiger partial charge in [0.2, 0.25) is 0 Å². The Bertz CT molecular complexity index is 219. The normalized spacial score (nSPS) is 22.7. The monoisotopic (exact) mass is 238 g/mol. The minimum absolute atomic E-state index is 0.179. The summed E-state index contributed by atoms with van der Waals surface area (Å²) in [5.41, 5.74) is 0. The van der Waals surface area contributed by atoms with Crippen molar-refractivity contribution in [3.8, 4) is 0 Å². The Labute approximate surface area is 90.7 Å². The van der Waals surface area contributed by atoms with Crippen molar-refractivity contribution in [1.82, 2.24) is 0 Å². The minimum Gasteiger partial charge on any atom is -0.373 e. The average Bonchev–Trinajstić information content (AvgIpc) is 2.87. The molecule has 1 saturated heterocycles. The zero-order chi connectivity index (χ0) is 11.3. The summed E-state index contributed by atoms with van der Waals surface area (Å²) in [5, 5.41) is 0. The van der Waals surface area contributed by atoms with E-state index in [2.05, 4.69) is 0 Å². The van der Waals surface area contributed by atoms with Gasteiger partial charge in [-0.3, -0.25) is 13.6 Å². The topological polar surface area (TPSA) is 57.3 Å². The number of phosphoric acid groups is 1. The van der Waals surface area contributed by atoms with E-state index in [0.717, 1.165) is 13.0 Å². The molecule has 0 bridgehead atoms. The van der Waals surface area contributed by atoms with Crippen LogP contribution in [-0.2, 0) is 22.9 Å². The summed E-state index contributed by atoms with van der Waals surface area (Å²) in [7, 11) is -3.36. The van der Waals surface area contributed by atoms with E-state index in [1.54, 1.807) is 13.8 Å². The van der Waals surface area contributed by atoms with E-state index < -0.39 is 7.82 Å². The number of phosphoric ester groups is 1. The first-order valence-electron chi connectivity index (χ1n) is 5.28. The predicted octanol–water partition coefficient (Wildman–Crippen LogP) is 2.36. The summed E-state index contributed by atoms with van der Waals surface area (Å²) in [5.74, 6) is 0. The third-order valence-corrected chi connectivity index (χ3v) is 3.65. The van der Waals surface area contributed by atoms with Crippen molar-refractivity contribution in [1.29, 1.82) is 0 Å². The summed E-state index contributed by atoms with van der Waals surface area (Å²) in [6.45, 7) is 6.73. The Morgan fingerprint density at radius 3 is 2.33 bits per heavy atom. The first kappa shape index (κ1) is 13.1. The summed E-state index contributed by atoms with van der Waals surface area (Å²) in [6.07, 6.45) is 0.794. The molecule has 1 heterocycles. The van der Waals surface area contributed by atoms with Gasteiger partial charge in [0.1, 0.15) is 0 Å². The maximum atomic E-state index is 11.9. The molecule has 1 aliphatic rings. The molecule has 0 spiro atoms. The lowest BCUT2D eigenvalue weighted by Gasteiger charge is -2.20. The first-order chi connectivity index (χ1) is 7.09. The van der Waals surface area contributed by atoms with Crippen LogP contribution in [0.4, 0.5) is 0 Å². The van der Waals surface area contributed by atoms with Crippen molar-refractivity contribution < 1.29 is 22.9 Å². The van der Waals surface area contributed by atoms with Gasteiger partial charge in [0.05, 0.1) is 32.0 Å². The molecule has 5 nitrogen and oxygen atoms in total. The molecule has 2 atom stereocenters. The number of epoxide rings is 1. The summed E-state index contributed by atoms with van der Waals surface area (Å²) in [4.78, 5) is 0. The van der Waals surface area contributed by atoms with Crippen LogP contribution in [0.1, 0.15) is 27.2 Å². The molecule has 1 aliphatic heterocycles. The predicted molar refractivity (Wildman–Crippen MR) is 55.8 cm³/mol. The second kappa shape index (κ2) is 5.97. The lowest BCUT2D eigenvalue weighted by Crippen LogP contribution is -2.12. The van der Waals surface area contributed by atoms with Crippen molar-refractivity contribution >= 4 is 7.82 Å². The Balaban J connectivity index is 2.37. The second-order valence-corrected chi connectivity index (χ2v) is 5.01. The Kier molecular flexibility index (Phi) is 5.23. The van der Waals surface area contributed by atoms with Gasteiger partial charge < -0.3 is 4.74 Å². The van der Waals surface area contributed by atoms with E-state index in [-0.39, 0.29) is 12.2 Å². The SMILES string of the molecule is CCOP(=O)(OCC)O[C@H](C)C[C@@H]1CO1. The average molecular weight is 238 g/mol. The zero-order valence-corrected chi connectivity index (χ0v) is 10.4. The molecule has 15 heavy (non-hydrogen) atoms. The molecule has 6 heteroatoms. The van der Waals surface area contributed by atoms with Crippen LogP contribution >= 0.6 is 7.82 Å². The largest absolute Gasteiger partial charge is 0.475 e. The molecule has 0 N–H and O–H groups in total. The van der Waals surface area contributed by atoms with E-state index in [9.17, 15) is 4.57 Å². The molecule has 1 rings (SSSR count). The van der Waals surface area contributed by atoms with Crippen LogP contribution in [0.3, 0.4) is 0 Å². The fraction of sp³-hybridized carbons (Fsp3) is 1.00. The molecule has 90 valence electrons. The van der Waals surface area contributed by atoms with Crippen molar-refractivity contribution in [2.24, 2.45) is 0 Å². The van der Waals surface area contributed by atoms with Gasteiger partial charge in [0.25, 0.3) is 0 Å². The Morgan fingerprint density at radius 1 is 1.40 bits per heavy atom. The number of ether oxygens (including phenoxy) is 1. The van der Waals surface area contributed by atoms with E-state index in [1.807, 2.05) is 6.92 Å². The number of hydrogen-bond acceptors (Lipinski definition) is 5. The second-order valence-electron chi connectivity index (χ2n) is 3.39. The third kappa shape index (κ3) is 5.09. The van der Waals surface area contributed by atoms with Gasteiger partial charge in [0.15, 0.2) is 0 Å². The fourth-order valence-electron chi connectivity index (χ4n) is 1.25. The van der Waals surface area contributed by atoms with Crippen LogP contribution in [0.2, 0.25) is 0 Å². The highest BCUT2D eigenvalue weighted by Gasteiger charge is 2.32. The lowest BCUT2D eigenvalue weighted by molar-refractivity contribution is 0.0840. The number of hydrogen-bond donors (Lipinski definition) is 0. The summed E-state index contributed by atoms with van der Waals surface area (Å²) in [6, 6.07) is 0. The van der Waals surface area contributed by atoms with Gasteiger partial charge in [-0.05, 0) is 20.8 Å². The summed E-state index contributed by atoms with van der Waals surface area (Å²) < 4.78 is 32.3. The van der Waals surface area contributed by atoms with Crippen LogP contribution < -0.4 is 0 Å². The van der Waals surface area contributed by atoms with Gasteiger partial charge in [-0.15, -0.1) is 0 Å². The van der Waals surface area contributed by atoms with Crippen LogP contribution in [0, 0.1) is 0 Å². The molecule has 0 aliphatic carbocycles. The summed E-state index contributed by atoms with van der Waals surface area (Å²) >= 11 is 0. The molecule has 0 aromatic carbocycles. The van der Waals surface area contributed by atoms with Crippen LogP contribution in [0.5, 0.6) is 0 Å². The van der Waals surface area contributed by atoms with E-state index in [4.69, 9.17) is 18.3 Å². The maximum Gasteiger partial charge on any atom is 0.475 e. The fourth-order valence-corrected chi connectivity index (χ4v) is 2.61. The molecule has 0 radical (unpaired) electrons. The van der Waals surface area contributed by atoms with E-state index >= 15 is 0 Å². The minimum atomic E-state index is -3.36. The molecule has 0 aromatic heterocycles. The molecular weight excluding hydrogens is 219 g/mol. The highest BCUT2D eigenvalue weighted by molar-refractivity contribution is 7.48. The van der Waals surface area contributed by atoms with Crippen molar-refractivity contribution in [2.45, 2.75) is 39.4 Å². The smallest absolute Gasteiger partial charge is 0.373 e. The number of rotatable bonds is 8. The Hall–Kier alpha value is 0.0700. The van der Waals surface area contributed by atoms with Crippen molar-refractivity contribution in [3.05, 3.63) is 0 Å². The van der Waals surface area contributed by atoms with Gasteiger partial charge >= 0.3 is 7.82 Å². The van der Waals surface area contributed by atoms with Gasteiger partial charge in [-0.2, -0.15) is 0 Å². The molecule has 0 unspecified atom stereocenters. The standard InChI is InChI=1S/C9H19O5P/c1-4-12-15(10,13-5-2)14-8(3)6-9-7-11-9/h8-9H,4-7H2,1-3H3/t8-,9-/m1/s1. The van der Waals surface area contributed by atoms with Crippen LogP contribution in [-0.4, -0.2) is 32.0 Å².